The molecule has 1 aliphatic rings. The van der Waals surface area contributed by atoms with Gasteiger partial charge in [0.15, 0.2) is 0 Å². The molecule has 1 aliphatic heterocycles. The summed E-state index contributed by atoms with van der Waals surface area (Å²) in [5, 5.41) is 3.51. The Balaban J connectivity index is 1.88. The van der Waals surface area contributed by atoms with Crippen LogP contribution in [0, 0.1) is 0 Å². The van der Waals surface area contributed by atoms with Crippen LogP contribution in [0.1, 0.15) is 24.8 Å². The van der Waals surface area contributed by atoms with E-state index in [1.807, 2.05) is 12.1 Å². The number of para-hydroxylation sites is 1. The van der Waals surface area contributed by atoms with E-state index < -0.39 is 0 Å². The van der Waals surface area contributed by atoms with Crippen molar-refractivity contribution in [2.75, 3.05) is 19.7 Å². The normalized spacial score (nSPS) is 20.2. The topological polar surface area (TPSA) is 47.3 Å². The lowest BCUT2D eigenvalue weighted by atomic mass is 10.0. The van der Waals surface area contributed by atoms with Gasteiger partial charge in [0.2, 0.25) is 0 Å². The summed E-state index contributed by atoms with van der Waals surface area (Å²) >= 11 is 0. The fourth-order valence-electron chi connectivity index (χ4n) is 2.09. The van der Waals surface area contributed by atoms with E-state index in [9.17, 15) is 0 Å². The number of fused-ring (bicyclic) bond motifs is 1. The smallest absolute Gasteiger partial charge is 0.122 e. The highest BCUT2D eigenvalue weighted by molar-refractivity contribution is 5.39. The van der Waals surface area contributed by atoms with Crippen LogP contribution < -0.4 is 15.8 Å². The van der Waals surface area contributed by atoms with Crippen molar-refractivity contribution in [2.24, 2.45) is 5.73 Å². The molecule has 0 fully saturated rings. The highest BCUT2D eigenvalue weighted by Gasteiger charge is 2.23. The molecule has 0 saturated carbocycles. The Bertz CT molecular complexity index is 340. The molecule has 3 N–H and O–H groups in total. The van der Waals surface area contributed by atoms with E-state index in [-0.39, 0.29) is 0 Å². The van der Waals surface area contributed by atoms with Gasteiger partial charge in [-0.3, -0.25) is 0 Å². The first kappa shape index (κ1) is 11.4. The Morgan fingerprint density at radius 3 is 3.12 bits per heavy atom. The zero-order chi connectivity index (χ0) is 11.4. The highest BCUT2D eigenvalue weighted by atomic mass is 16.5. The molecule has 0 aliphatic carbocycles. The molecule has 0 spiro atoms. The number of hydrogen-bond acceptors (Lipinski definition) is 3. The van der Waals surface area contributed by atoms with Crippen LogP contribution in [-0.4, -0.2) is 25.7 Å². The van der Waals surface area contributed by atoms with Crippen LogP contribution in [0.2, 0.25) is 0 Å². The Hall–Kier alpha value is -1.06. The molecule has 0 radical (unpaired) electrons. The SMILES string of the molecule is CC(CCN)NCC1COc2ccccc21. The van der Waals surface area contributed by atoms with E-state index in [0.717, 1.165) is 31.9 Å². The van der Waals surface area contributed by atoms with E-state index in [1.165, 1.54) is 5.56 Å². The van der Waals surface area contributed by atoms with E-state index in [1.54, 1.807) is 0 Å². The third kappa shape index (κ3) is 2.54. The number of nitrogens with two attached hydrogens (primary N) is 1. The minimum absolute atomic E-state index is 0.483. The summed E-state index contributed by atoms with van der Waals surface area (Å²) in [5.74, 6) is 1.53. The van der Waals surface area contributed by atoms with Crippen molar-refractivity contribution in [3.8, 4) is 5.75 Å². The molecule has 16 heavy (non-hydrogen) atoms. The molecule has 1 aromatic carbocycles. The fourth-order valence-corrected chi connectivity index (χ4v) is 2.09. The molecule has 0 bridgehead atoms. The van der Waals surface area contributed by atoms with Gasteiger partial charge in [0.25, 0.3) is 0 Å². The summed E-state index contributed by atoms with van der Waals surface area (Å²) < 4.78 is 5.64. The molecule has 0 amide bonds. The van der Waals surface area contributed by atoms with Gasteiger partial charge < -0.3 is 15.8 Å². The van der Waals surface area contributed by atoms with Gasteiger partial charge in [0, 0.05) is 24.1 Å². The monoisotopic (exact) mass is 220 g/mol. The van der Waals surface area contributed by atoms with Crippen LogP contribution in [0.3, 0.4) is 0 Å². The predicted molar refractivity (Wildman–Crippen MR) is 65.8 cm³/mol. The van der Waals surface area contributed by atoms with Gasteiger partial charge in [0.05, 0.1) is 6.61 Å². The summed E-state index contributed by atoms with van der Waals surface area (Å²) in [4.78, 5) is 0. The van der Waals surface area contributed by atoms with Crippen molar-refractivity contribution in [1.82, 2.24) is 5.32 Å². The molecule has 2 rings (SSSR count). The highest BCUT2D eigenvalue weighted by Crippen LogP contribution is 2.32. The van der Waals surface area contributed by atoms with E-state index in [0.29, 0.717) is 12.0 Å². The average Bonchev–Trinajstić information content (AvgIpc) is 2.70. The Kier molecular flexibility index (Phi) is 3.80. The summed E-state index contributed by atoms with van der Waals surface area (Å²) in [6.07, 6.45) is 1.02. The first-order chi connectivity index (χ1) is 7.81. The zero-order valence-corrected chi connectivity index (χ0v) is 9.78. The maximum atomic E-state index is 5.64. The molecule has 3 nitrogen and oxygen atoms in total. The van der Waals surface area contributed by atoms with Gasteiger partial charge in [-0.05, 0) is 26.0 Å². The number of rotatable bonds is 5. The molecule has 1 aromatic rings. The Morgan fingerprint density at radius 2 is 2.31 bits per heavy atom. The maximum Gasteiger partial charge on any atom is 0.122 e. The Morgan fingerprint density at radius 1 is 1.50 bits per heavy atom. The fraction of sp³-hybridized carbons (Fsp3) is 0.538. The molecular weight excluding hydrogens is 200 g/mol. The number of hydrogen-bond donors (Lipinski definition) is 2. The lowest BCUT2D eigenvalue weighted by Crippen LogP contribution is -2.32. The molecule has 0 saturated heterocycles. The predicted octanol–water partition coefficient (Wildman–Crippen LogP) is 1.49. The summed E-state index contributed by atoms with van der Waals surface area (Å²) in [6.45, 7) is 4.68. The van der Waals surface area contributed by atoms with Crippen molar-refractivity contribution < 1.29 is 4.74 Å². The third-order valence-corrected chi connectivity index (χ3v) is 3.11. The minimum atomic E-state index is 0.483. The van der Waals surface area contributed by atoms with Gasteiger partial charge in [-0.1, -0.05) is 18.2 Å². The average molecular weight is 220 g/mol. The standard InChI is InChI=1S/C13H20N2O/c1-10(6-7-14)15-8-11-9-16-13-5-3-2-4-12(11)13/h2-5,10-11,15H,6-9,14H2,1H3. The van der Waals surface area contributed by atoms with Gasteiger partial charge >= 0.3 is 0 Å². The first-order valence-corrected chi connectivity index (χ1v) is 5.96. The van der Waals surface area contributed by atoms with Crippen LogP contribution in [0.5, 0.6) is 5.75 Å². The third-order valence-electron chi connectivity index (χ3n) is 3.11. The van der Waals surface area contributed by atoms with Crippen molar-refractivity contribution >= 4 is 0 Å². The van der Waals surface area contributed by atoms with E-state index >= 15 is 0 Å². The second-order valence-corrected chi connectivity index (χ2v) is 4.43. The van der Waals surface area contributed by atoms with Crippen molar-refractivity contribution in [2.45, 2.75) is 25.3 Å². The molecular formula is C13H20N2O. The van der Waals surface area contributed by atoms with Crippen LogP contribution >= 0.6 is 0 Å². The van der Waals surface area contributed by atoms with Gasteiger partial charge in [-0.15, -0.1) is 0 Å². The molecule has 3 heteroatoms. The number of benzene rings is 1. The molecule has 2 unspecified atom stereocenters. The van der Waals surface area contributed by atoms with Crippen molar-refractivity contribution in [1.29, 1.82) is 0 Å². The molecule has 1 heterocycles. The zero-order valence-electron chi connectivity index (χ0n) is 9.78. The van der Waals surface area contributed by atoms with Crippen LogP contribution in [-0.2, 0) is 0 Å². The number of ether oxygens (including phenoxy) is 1. The van der Waals surface area contributed by atoms with Crippen LogP contribution in [0.15, 0.2) is 24.3 Å². The molecule has 88 valence electrons. The van der Waals surface area contributed by atoms with E-state index in [2.05, 4.69) is 24.4 Å². The second-order valence-electron chi connectivity index (χ2n) is 4.43. The van der Waals surface area contributed by atoms with Crippen LogP contribution in [0.25, 0.3) is 0 Å². The number of nitrogens with one attached hydrogen (secondary N) is 1. The Labute approximate surface area is 97.0 Å². The molecule has 2 atom stereocenters. The summed E-state index contributed by atoms with van der Waals surface area (Å²) in [7, 11) is 0. The van der Waals surface area contributed by atoms with Gasteiger partial charge in [-0.25, -0.2) is 0 Å². The summed E-state index contributed by atoms with van der Waals surface area (Å²) in [5.41, 5.74) is 6.85. The van der Waals surface area contributed by atoms with Crippen LogP contribution in [0.4, 0.5) is 0 Å². The second kappa shape index (κ2) is 5.32. The minimum Gasteiger partial charge on any atom is -0.493 e. The van der Waals surface area contributed by atoms with Gasteiger partial charge in [0.1, 0.15) is 5.75 Å². The molecule has 0 aromatic heterocycles. The lowest BCUT2D eigenvalue weighted by molar-refractivity contribution is 0.322. The summed E-state index contributed by atoms with van der Waals surface area (Å²) in [6, 6.07) is 8.77. The van der Waals surface area contributed by atoms with Crippen molar-refractivity contribution in [3.63, 3.8) is 0 Å². The van der Waals surface area contributed by atoms with Crippen molar-refractivity contribution in [3.05, 3.63) is 29.8 Å². The largest absolute Gasteiger partial charge is 0.493 e. The van der Waals surface area contributed by atoms with Gasteiger partial charge in [-0.2, -0.15) is 0 Å². The lowest BCUT2D eigenvalue weighted by Gasteiger charge is -2.15. The van der Waals surface area contributed by atoms with E-state index in [4.69, 9.17) is 10.5 Å². The maximum absolute atomic E-state index is 5.64. The quantitative estimate of drug-likeness (QED) is 0.790. The first-order valence-electron chi connectivity index (χ1n) is 5.96.